The van der Waals surface area contributed by atoms with Gasteiger partial charge in [0.2, 0.25) is 0 Å². The molecule has 2 nitrogen and oxygen atoms in total. The Morgan fingerprint density at radius 3 is 3.12 bits per heavy atom. The molecule has 0 aliphatic heterocycles. The van der Waals surface area contributed by atoms with Gasteiger partial charge in [0.25, 0.3) is 0 Å². The summed E-state index contributed by atoms with van der Waals surface area (Å²) in [6.45, 7) is 0.0127. The van der Waals surface area contributed by atoms with Gasteiger partial charge in [0.1, 0.15) is 0 Å². The molecule has 16 heavy (non-hydrogen) atoms. The highest BCUT2D eigenvalue weighted by Gasteiger charge is 2.86. The zero-order valence-corrected chi connectivity index (χ0v) is 10.0. The first kappa shape index (κ1) is 9.69. The van der Waals surface area contributed by atoms with Gasteiger partial charge >= 0.3 is 0 Å². The van der Waals surface area contributed by atoms with Crippen LogP contribution in [0.25, 0.3) is 0 Å². The van der Waals surface area contributed by atoms with Gasteiger partial charge in [-0.1, -0.05) is 6.07 Å². The van der Waals surface area contributed by atoms with Crippen LogP contribution in [0.1, 0.15) is 29.5 Å². The summed E-state index contributed by atoms with van der Waals surface area (Å²) in [6.07, 6.45) is 2.64. The lowest BCUT2D eigenvalue weighted by atomic mass is 9.60. The van der Waals surface area contributed by atoms with Gasteiger partial charge in [-0.25, -0.2) is 0 Å². The second kappa shape index (κ2) is 2.58. The van der Waals surface area contributed by atoms with Crippen molar-refractivity contribution in [1.82, 2.24) is 4.98 Å². The first-order valence-corrected chi connectivity index (χ1v) is 6.37. The van der Waals surface area contributed by atoms with Crippen LogP contribution in [0.15, 0.2) is 18.3 Å². The highest BCUT2D eigenvalue weighted by atomic mass is 35.5. The average molecular weight is 256 g/mol. The standard InChI is InChI=1S/C12H11Cl2NO/c13-10-8-9-6(2-1-3-15-9)7-4-11(14,5-16)12(7,8)10/h1-3,7-8,10,16H,4-5H2/t7-,8+,10-,11-,12-/m1/s1. The van der Waals surface area contributed by atoms with Crippen LogP contribution >= 0.6 is 23.2 Å². The first-order chi connectivity index (χ1) is 7.67. The van der Waals surface area contributed by atoms with Crippen LogP contribution in [-0.4, -0.2) is 26.9 Å². The van der Waals surface area contributed by atoms with Gasteiger partial charge in [-0.15, -0.1) is 23.2 Å². The average Bonchev–Trinajstić information content (AvgIpc) is 2.86. The van der Waals surface area contributed by atoms with Crippen LogP contribution in [0.4, 0.5) is 0 Å². The van der Waals surface area contributed by atoms with E-state index in [1.807, 2.05) is 12.3 Å². The number of nitrogens with zero attached hydrogens (tertiary/aromatic N) is 1. The summed E-state index contributed by atoms with van der Waals surface area (Å²) in [6, 6.07) is 4.09. The van der Waals surface area contributed by atoms with Crippen LogP contribution in [0.3, 0.4) is 0 Å². The number of alkyl halides is 2. The monoisotopic (exact) mass is 255 g/mol. The number of halogens is 2. The van der Waals surface area contributed by atoms with Gasteiger partial charge in [-0.05, 0) is 24.0 Å². The van der Waals surface area contributed by atoms with Crippen molar-refractivity contribution in [3.63, 3.8) is 0 Å². The fourth-order valence-corrected chi connectivity index (χ4v) is 5.40. The highest BCUT2D eigenvalue weighted by molar-refractivity contribution is 6.31. The van der Waals surface area contributed by atoms with E-state index in [-0.39, 0.29) is 23.3 Å². The lowest BCUT2D eigenvalue weighted by molar-refractivity contribution is 0.0746. The summed E-state index contributed by atoms with van der Waals surface area (Å²) in [7, 11) is 0. The SMILES string of the molecule is OC[C@]1(Cl)C[C@@H]2c3cccnc3[C@H]3[C@@H](Cl)[C@@]231. The Bertz CT molecular complexity index is 490. The Kier molecular flexibility index (Phi) is 1.56. The molecule has 0 aromatic carbocycles. The van der Waals surface area contributed by atoms with E-state index in [4.69, 9.17) is 23.2 Å². The summed E-state index contributed by atoms with van der Waals surface area (Å²) in [4.78, 5) is 3.92. The van der Waals surface area contributed by atoms with Crippen LogP contribution in [0.5, 0.6) is 0 Å². The molecule has 84 valence electrons. The van der Waals surface area contributed by atoms with E-state index in [0.717, 1.165) is 12.1 Å². The molecule has 1 aromatic rings. The molecular formula is C12H11Cl2NO. The van der Waals surface area contributed by atoms with E-state index in [9.17, 15) is 5.11 Å². The van der Waals surface area contributed by atoms with E-state index in [0.29, 0.717) is 5.92 Å². The van der Waals surface area contributed by atoms with Crippen molar-refractivity contribution in [2.45, 2.75) is 28.5 Å². The third kappa shape index (κ3) is 0.711. The Morgan fingerprint density at radius 2 is 2.38 bits per heavy atom. The van der Waals surface area contributed by atoms with Crippen LogP contribution < -0.4 is 0 Å². The second-order valence-corrected chi connectivity index (χ2v) is 6.36. The first-order valence-electron chi connectivity index (χ1n) is 5.55. The van der Waals surface area contributed by atoms with E-state index in [2.05, 4.69) is 11.1 Å². The molecule has 4 rings (SSSR count). The summed E-state index contributed by atoms with van der Waals surface area (Å²) in [5, 5.41) is 9.52. The molecule has 0 amide bonds. The molecule has 1 spiro atoms. The van der Waals surface area contributed by atoms with E-state index >= 15 is 0 Å². The van der Waals surface area contributed by atoms with Crippen molar-refractivity contribution in [2.75, 3.05) is 6.61 Å². The molecule has 2 saturated carbocycles. The molecule has 1 heterocycles. The van der Waals surface area contributed by atoms with Crippen molar-refractivity contribution in [2.24, 2.45) is 5.41 Å². The molecule has 1 aromatic heterocycles. The molecular weight excluding hydrogens is 245 g/mol. The number of fused-ring (bicyclic) bond motifs is 3. The van der Waals surface area contributed by atoms with Crippen LogP contribution in [0.2, 0.25) is 0 Å². The molecule has 3 aliphatic carbocycles. The lowest BCUT2D eigenvalue weighted by Gasteiger charge is -2.50. The van der Waals surface area contributed by atoms with Crippen molar-refractivity contribution in [1.29, 1.82) is 0 Å². The summed E-state index contributed by atoms with van der Waals surface area (Å²) in [5.41, 5.74) is 2.30. The third-order valence-electron chi connectivity index (χ3n) is 4.83. The zero-order valence-electron chi connectivity index (χ0n) is 8.53. The second-order valence-electron chi connectivity index (χ2n) is 5.17. The van der Waals surface area contributed by atoms with Crippen molar-refractivity contribution in [3.05, 3.63) is 29.6 Å². The third-order valence-corrected chi connectivity index (χ3v) is 6.04. The van der Waals surface area contributed by atoms with E-state index < -0.39 is 4.87 Å². The number of aromatic nitrogens is 1. The number of rotatable bonds is 1. The molecule has 3 aliphatic rings. The van der Waals surface area contributed by atoms with Crippen LogP contribution in [0, 0.1) is 5.41 Å². The number of hydrogen-bond donors (Lipinski definition) is 1. The van der Waals surface area contributed by atoms with Crippen molar-refractivity contribution in [3.8, 4) is 0 Å². The van der Waals surface area contributed by atoms with Crippen LogP contribution in [-0.2, 0) is 0 Å². The fraction of sp³-hybridized carbons (Fsp3) is 0.583. The van der Waals surface area contributed by atoms with E-state index in [1.54, 1.807) is 0 Å². The molecule has 4 heteroatoms. The Labute approximate surface area is 104 Å². The molecule has 0 unspecified atom stereocenters. The Morgan fingerprint density at radius 1 is 1.56 bits per heavy atom. The number of hydrogen-bond acceptors (Lipinski definition) is 2. The predicted octanol–water partition coefficient (Wildman–Crippen LogP) is 2.24. The largest absolute Gasteiger partial charge is 0.395 e. The lowest BCUT2D eigenvalue weighted by Crippen LogP contribution is -2.53. The summed E-state index contributed by atoms with van der Waals surface area (Å²) >= 11 is 12.9. The quantitative estimate of drug-likeness (QED) is 0.782. The number of pyridine rings is 1. The van der Waals surface area contributed by atoms with Gasteiger partial charge in [0.05, 0.1) is 16.9 Å². The Hall–Kier alpha value is -0.310. The normalized spacial score (nSPS) is 51.3. The van der Waals surface area contributed by atoms with Gasteiger partial charge in [-0.3, -0.25) is 4.98 Å². The minimum Gasteiger partial charge on any atom is -0.395 e. The van der Waals surface area contributed by atoms with Gasteiger partial charge in [0.15, 0.2) is 0 Å². The Balaban J connectivity index is 1.89. The molecule has 0 bridgehead atoms. The topological polar surface area (TPSA) is 33.1 Å². The zero-order chi connectivity index (χ0) is 11.1. The molecule has 2 fully saturated rings. The molecule has 1 N–H and O–H groups in total. The fourth-order valence-electron chi connectivity index (χ4n) is 4.07. The van der Waals surface area contributed by atoms with Gasteiger partial charge in [-0.2, -0.15) is 0 Å². The summed E-state index contributed by atoms with van der Waals surface area (Å²) < 4.78 is 0. The minimum absolute atomic E-state index is 0.0127. The predicted molar refractivity (Wildman–Crippen MR) is 62.1 cm³/mol. The van der Waals surface area contributed by atoms with Gasteiger partial charge < -0.3 is 5.11 Å². The maximum Gasteiger partial charge on any atom is 0.0766 e. The van der Waals surface area contributed by atoms with Crippen molar-refractivity contribution >= 4 is 23.2 Å². The summed E-state index contributed by atoms with van der Waals surface area (Å²) in [5.74, 6) is 0.669. The number of aliphatic hydroxyl groups is 1. The van der Waals surface area contributed by atoms with Crippen molar-refractivity contribution < 1.29 is 5.11 Å². The van der Waals surface area contributed by atoms with E-state index in [1.165, 1.54) is 5.56 Å². The molecule has 0 saturated heterocycles. The maximum atomic E-state index is 9.47. The highest BCUT2D eigenvalue weighted by Crippen LogP contribution is 2.87. The minimum atomic E-state index is -0.518. The molecule has 0 radical (unpaired) electrons. The maximum absolute atomic E-state index is 9.47. The molecule has 5 atom stereocenters. The number of aliphatic hydroxyl groups excluding tert-OH is 1. The smallest absolute Gasteiger partial charge is 0.0766 e. The van der Waals surface area contributed by atoms with Gasteiger partial charge in [0, 0.05) is 23.2 Å².